The molecule has 0 rings (SSSR count). The first-order chi connectivity index (χ1) is 6.26. The zero-order chi connectivity index (χ0) is 10.1. The van der Waals surface area contributed by atoms with Gasteiger partial charge < -0.3 is 9.47 Å². The largest absolute Gasteiger partial charge is 0.397 e. The summed E-state index contributed by atoms with van der Waals surface area (Å²) < 4.78 is 9.93. The van der Waals surface area contributed by atoms with E-state index in [0.29, 0.717) is 19.8 Å². The van der Waals surface area contributed by atoms with Gasteiger partial charge in [0.25, 0.3) is 6.29 Å². The molecule has 78 valence electrons. The molecule has 0 unspecified atom stereocenters. The van der Waals surface area contributed by atoms with E-state index in [1.165, 1.54) is 0 Å². The summed E-state index contributed by atoms with van der Waals surface area (Å²) in [6, 6.07) is 0. The fourth-order valence-electron chi connectivity index (χ4n) is 0.643. The van der Waals surface area contributed by atoms with Crippen molar-refractivity contribution in [3.63, 3.8) is 0 Å². The van der Waals surface area contributed by atoms with Crippen molar-refractivity contribution in [3.8, 4) is 0 Å². The zero-order valence-corrected chi connectivity index (χ0v) is 8.24. The molecule has 0 aromatic rings. The predicted molar refractivity (Wildman–Crippen MR) is 44.8 cm³/mol. The summed E-state index contributed by atoms with van der Waals surface area (Å²) in [5.74, 6) is -0.662. The molecule has 0 spiro atoms. The van der Waals surface area contributed by atoms with Crippen molar-refractivity contribution < 1.29 is 24.0 Å². The van der Waals surface area contributed by atoms with E-state index in [1.54, 1.807) is 20.8 Å². The van der Waals surface area contributed by atoms with E-state index in [-0.39, 0.29) is 0 Å². The molecule has 0 saturated carbocycles. The first-order valence-electron chi connectivity index (χ1n) is 4.32. The molecule has 0 N–H and O–H groups in total. The first-order valence-corrected chi connectivity index (χ1v) is 4.32. The molecule has 0 saturated heterocycles. The molecule has 0 atom stereocenters. The van der Waals surface area contributed by atoms with Crippen molar-refractivity contribution in [2.45, 2.75) is 27.1 Å². The number of hydrogen-bond acceptors (Lipinski definition) is 5. The lowest BCUT2D eigenvalue weighted by atomic mass is 10.6. The Balaban J connectivity index is 3.80. The Morgan fingerprint density at radius 2 is 1.62 bits per heavy atom. The van der Waals surface area contributed by atoms with Crippen LogP contribution in [-0.4, -0.2) is 32.1 Å². The summed E-state index contributed by atoms with van der Waals surface area (Å²) in [6.07, 6.45) is -0.985. The van der Waals surface area contributed by atoms with Crippen molar-refractivity contribution in [3.05, 3.63) is 0 Å². The number of carbonyl (C=O) groups is 1. The Bertz CT molecular complexity index is 130. The Morgan fingerprint density at radius 3 is 2.00 bits per heavy atom. The molecule has 0 heterocycles. The summed E-state index contributed by atoms with van der Waals surface area (Å²) in [6.45, 7) is 6.30. The van der Waals surface area contributed by atoms with Gasteiger partial charge in [-0.05, 0) is 20.8 Å². The van der Waals surface area contributed by atoms with E-state index >= 15 is 0 Å². The minimum absolute atomic E-state index is 0.302. The molecule has 0 aliphatic rings. The highest BCUT2D eigenvalue weighted by atomic mass is 17.2. The lowest BCUT2D eigenvalue weighted by Gasteiger charge is -2.13. The fraction of sp³-hybridized carbons (Fsp3) is 0.875. The van der Waals surface area contributed by atoms with E-state index < -0.39 is 12.3 Å². The molecule has 13 heavy (non-hydrogen) atoms. The Morgan fingerprint density at radius 1 is 1.08 bits per heavy atom. The second kappa shape index (κ2) is 7.97. The maximum atomic E-state index is 11.1. The summed E-state index contributed by atoms with van der Waals surface area (Å²) in [5.41, 5.74) is 0. The molecule has 5 nitrogen and oxygen atoms in total. The number of hydrogen-bond donors (Lipinski definition) is 0. The third kappa shape index (κ3) is 5.57. The van der Waals surface area contributed by atoms with Crippen LogP contribution in [0.5, 0.6) is 0 Å². The van der Waals surface area contributed by atoms with Crippen LogP contribution in [0.3, 0.4) is 0 Å². The average molecular weight is 192 g/mol. The smallest absolute Gasteiger partial charge is 0.343 e. The average Bonchev–Trinajstić information content (AvgIpc) is 2.14. The van der Waals surface area contributed by atoms with Gasteiger partial charge >= 0.3 is 5.97 Å². The summed E-state index contributed by atoms with van der Waals surface area (Å²) in [7, 11) is 0. The Hall–Kier alpha value is -0.650. The minimum atomic E-state index is -0.985. The van der Waals surface area contributed by atoms with Gasteiger partial charge in [0.1, 0.15) is 0 Å². The molecule has 0 aliphatic carbocycles. The zero-order valence-electron chi connectivity index (χ0n) is 8.24. The van der Waals surface area contributed by atoms with Crippen molar-refractivity contribution in [1.29, 1.82) is 0 Å². The molecule has 0 aromatic heterocycles. The van der Waals surface area contributed by atoms with E-state index in [0.717, 1.165) is 0 Å². The third-order valence-electron chi connectivity index (χ3n) is 1.09. The van der Waals surface area contributed by atoms with Crippen LogP contribution in [-0.2, 0) is 24.0 Å². The van der Waals surface area contributed by atoms with Gasteiger partial charge in [-0.1, -0.05) is 0 Å². The van der Waals surface area contributed by atoms with Crippen molar-refractivity contribution in [2.75, 3.05) is 19.8 Å². The monoisotopic (exact) mass is 192 g/mol. The van der Waals surface area contributed by atoms with Gasteiger partial charge in [-0.2, -0.15) is 4.89 Å². The normalized spacial score (nSPS) is 10.5. The van der Waals surface area contributed by atoms with Crippen LogP contribution < -0.4 is 0 Å². The Kier molecular flexibility index (Phi) is 7.57. The maximum Gasteiger partial charge on any atom is 0.397 e. The summed E-state index contributed by atoms with van der Waals surface area (Å²) in [5, 5.41) is 0. The van der Waals surface area contributed by atoms with Gasteiger partial charge in [0.05, 0.1) is 6.61 Å². The van der Waals surface area contributed by atoms with Crippen LogP contribution >= 0.6 is 0 Å². The predicted octanol–water partition coefficient (Wildman–Crippen LogP) is 0.880. The van der Waals surface area contributed by atoms with E-state index in [9.17, 15) is 4.79 Å². The number of rotatable bonds is 7. The van der Waals surface area contributed by atoms with Gasteiger partial charge in [0, 0.05) is 13.2 Å². The highest BCUT2D eigenvalue weighted by molar-refractivity contribution is 5.72. The minimum Gasteiger partial charge on any atom is -0.343 e. The molecule has 5 heteroatoms. The molecule has 0 amide bonds. The van der Waals surface area contributed by atoms with Crippen LogP contribution in [0, 0.1) is 0 Å². The SMILES string of the molecule is CCOOC(=O)C(OCC)OCC. The lowest BCUT2D eigenvalue weighted by molar-refractivity contribution is -0.291. The van der Waals surface area contributed by atoms with Crippen LogP contribution in [0.2, 0.25) is 0 Å². The molecule has 0 radical (unpaired) electrons. The standard InChI is InChI=1S/C8H16O5/c1-4-10-8(11-5-2)7(9)13-12-6-3/h8H,4-6H2,1-3H3. The molecular formula is C8H16O5. The van der Waals surface area contributed by atoms with Crippen LogP contribution in [0.1, 0.15) is 20.8 Å². The maximum absolute atomic E-state index is 11.1. The van der Waals surface area contributed by atoms with Gasteiger partial charge in [0.2, 0.25) is 0 Å². The quantitative estimate of drug-likeness (QED) is 0.340. The molecule has 0 aromatic carbocycles. The first kappa shape index (κ1) is 12.3. The summed E-state index contributed by atoms with van der Waals surface area (Å²) in [4.78, 5) is 19.9. The third-order valence-corrected chi connectivity index (χ3v) is 1.09. The van der Waals surface area contributed by atoms with Gasteiger partial charge in [-0.3, -0.25) is 4.89 Å². The summed E-state index contributed by atoms with van der Waals surface area (Å²) >= 11 is 0. The molecule has 0 aliphatic heterocycles. The van der Waals surface area contributed by atoms with Crippen molar-refractivity contribution in [2.24, 2.45) is 0 Å². The van der Waals surface area contributed by atoms with E-state index in [1.807, 2.05) is 0 Å². The van der Waals surface area contributed by atoms with Crippen LogP contribution in [0.15, 0.2) is 0 Å². The van der Waals surface area contributed by atoms with Gasteiger partial charge in [-0.25, -0.2) is 4.79 Å². The van der Waals surface area contributed by atoms with Crippen molar-refractivity contribution in [1.82, 2.24) is 0 Å². The number of carbonyl (C=O) groups excluding carboxylic acids is 1. The highest BCUT2D eigenvalue weighted by Crippen LogP contribution is 1.98. The topological polar surface area (TPSA) is 54.0 Å². The lowest BCUT2D eigenvalue weighted by Crippen LogP contribution is -2.29. The van der Waals surface area contributed by atoms with E-state index in [4.69, 9.17) is 9.47 Å². The highest BCUT2D eigenvalue weighted by Gasteiger charge is 2.21. The van der Waals surface area contributed by atoms with Gasteiger partial charge in [-0.15, -0.1) is 0 Å². The molecular weight excluding hydrogens is 176 g/mol. The van der Waals surface area contributed by atoms with Gasteiger partial charge in [0.15, 0.2) is 0 Å². The second-order valence-electron chi connectivity index (χ2n) is 2.05. The molecule has 0 bridgehead atoms. The fourth-order valence-corrected chi connectivity index (χ4v) is 0.643. The van der Waals surface area contributed by atoms with Crippen LogP contribution in [0.25, 0.3) is 0 Å². The molecule has 0 fully saturated rings. The van der Waals surface area contributed by atoms with Crippen LogP contribution in [0.4, 0.5) is 0 Å². The van der Waals surface area contributed by atoms with E-state index in [2.05, 4.69) is 9.78 Å². The number of ether oxygens (including phenoxy) is 2. The Labute approximate surface area is 77.8 Å². The second-order valence-corrected chi connectivity index (χ2v) is 2.05. The van der Waals surface area contributed by atoms with Crippen molar-refractivity contribution >= 4 is 5.97 Å².